The Labute approximate surface area is 91.2 Å². The van der Waals surface area contributed by atoms with Gasteiger partial charge < -0.3 is 9.15 Å². The Morgan fingerprint density at radius 2 is 2.25 bits per heavy atom. The van der Waals surface area contributed by atoms with E-state index in [4.69, 9.17) is 9.15 Å². The van der Waals surface area contributed by atoms with E-state index < -0.39 is 0 Å². The predicted octanol–water partition coefficient (Wildman–Crippen LogP) is -0.0302. The van der Waals surface area contributed by atoms with Crippen molar-refractivity contribution in [1.82, 2.24) is 0 Å². The minimum atomic E-state index is -0.0873. The molecule has 1 aromatic heterocycles. The second-order valence-corrected chi connectivity index (χ2v) is 3.42. The third kappa shape index (κ3) is 1.95. The molecule has 0 bridgehead atoms. The van der Waals surface area contributed by atoms with Gasteiger partial charge in [0.2, 0.25) is 0 Å². The van der Waals surface area contributed by atoms with Crippen LogP contribution in [0.2, 0.25) is 0 Å². The number of hydrogen-bond donors (Lipinski definition) is 0. The second kappa shape index (κ2) is 4.18. The normalized spacial score (nSPS) is 13.7. The highest BCUT2D eigenvalue weighted by molar-refractivity contribution is 5.48. The highest BCUT2D eigenvalue weighted by Crippen LogP contribution is 2.04. The zero-order valence-corrected chi connectivity index (χ0v) is 8.73. The molecule has 0 fully saturated rings. The fourth-order valence-electron chi connectivity index (χ4n) is 1.56. The van der Waals surface area contributed by atoms with Crippen LogP contribution in [-0.2, 0) is 9.53 Å². The van der Waals surface area contributed by atoms with Gasteiger partial charge in [0.1, 0.15) is 16.9 Å². The molecule has 0 N–H and O–H groups in total. The molecule has 0 aromatic carbocycles. The molecule has 2 rings (SSSR count). The minimum absolute atomic E-state index is 0.0873. The average Bonchev–Trinajstić information content (AvgIpc) is 2.42. The van der Waals surface area contributed by atoms with Gasteiger partial charge in [-0.3, -0.25) is 9.59 Å². The van der Waals surface area contributed by atoms with Gasteiger partial charge in [-0.05, 0) is 19.1 Å². The fourth-order valence-corrected chi connectivity index (χ4v) is 1.56. The molecule has 0 amide bonds. The molecule has 82 valence electrons. The summed E-state index contributed by atoms with van der Waals surface area (Å²) in [5, 5.41) is 0.506. The van der Waals surface area contributed by atoms with Crippen molar-refractivity contribution >= 4 is 18.6 Å². The Morgan fingerprint density at radius 1 is 1.44 bits per heavy atom. The molecule has 1 aliphatic rings. The lowest BCUT2D eigenvalue weighted by atomic mass is 10.3. The lowest BCUT2D eigenvalue weighted by molar-refractivity contribution is -0.125. The van der Waals surface area contributed by atoms with Crippen molar-refractivity contribution in [2.75, 3.05) is 0 Å². The van der Waals surface area contributed by atoms with E-state index in [1.165, 1.54) is 6.07 Å². The number of aryl methyl sites for hydroxylation is 1. The molecule has 1 aromatic rings. The average molecular weight is 218 g/mol. The quantitative estimate of drug-likeness (QED) is 0.654. The van der Waals surface area contributed by atoms with E-state index in [1.807, 2.05) is 0 Å². The van der Waals surface area contributed by atoms with Crippen LogP contribution in [0.5, 0.6) is 0 Å². The molecule has 0 radical (unpaired) electrons. The summed E-state index contributed by atoms with van der Waals surface area (Å²) in [5.41, 5.74) is 0.408. The van der Waals surface area contributed by atoms with Crippen LogP contribution in [0.15, 0.2) is 27.1 Å². The Hall–Kier alpha value is -2.10. The third-order valence-electron chi connectivity index (χ3n) is 2.26. The van der Waals surface area contributed by atoms with Gasteiger partial charge in [0.05, 0.1) is 5.22 Å². The number of carbonyl (C=O) groups is 1. The molecule has 0 unspecified atom stereocenters. The zero-order valence-electron chi connectivity index (χ0n) is 8.73. The SMILES string of the molecule is Cc1cc(=O)c2c(o1)=CC=C(OC=O)CC=2. The summed E-state index contributed by atoms with van der Waals surface area (Å²) in [6, 6.07) is 1.44. The van der Waals surface area contributed by atoms with Gasteiger partial charge in [0.25, 0.3) is 6.47 Å². The highest BCUT2D eigenvalue weighted by atomic mass is 16.5. The van der Waals surface area contributed by atoms with Gasteiger partial charge in [-0.1, -0.05) is 6.08 Å². The van der Waals surface area contributed by atoms with E-state index in [0.29, 0.717) is 35.0 Å². The Bertz CT molecular complexity index is 619. The molecular weight excluding hydrogens is 208 g/mol. The first-order valence-electron chi connectivity index (χ1n) is 4.83. The number of carbonyl (C=O) groups excluding carboxylic acids is 1. The summed E-state index contributed by atoms with van der Waals surface area (Å²) < 4.78 is 10.2. The lowest BCUT2D eigenvalue weighted by Gasteiger charge is -1.96. The van der Waals surface area contributed by atoms with E-state index in [2.05, 4.69) is 0 Å². The van der Waals surface area contributed by atoms with Crippen molar-refractivity contribution in [3.05, 3.63) is 44.5 Å². The molecule has 4 heteroatoms. The van der Waals surface area contributed by atoms with Crippen molar-refractivity contribution in [1.29, 1.82) is 0 Å². The van der Waals surface area contributed by atoms with E-state index in [1.54, 1.807) is 25.2 Å². The van der Waals surface area contributed by atoms with Crippen LogP contribution in [0.4, 0.5) is 0 Å². The fraction of sp³-hybridized carbons (Fsp3) is 0.167. The van der Waals surface area contributed by atoms with Crippen LogP contribution in [0.3, 0.4) is 0 Å². The maximum atomic E-state index is 11.7. The van der Waals surface area contributed by atoms with Crippen LogP contribution in [0.25, 0.3) is 12.2 Å². The van der Waals surface area contributed by atoms with Crippen LogP contribution < -0.4 is 16.1 Å². The maximum absolute atomic E-state index is 11.7. The van der Waals surface area contributed by atoms with Crippen molar-refractivity contribution in [3.8, 4) is 0 Å². The number of allylic oxidation sites excluding steroid dienone is 2. The second-order valence-electron chi connectivity index (χ2n) is 3.42. The first kappa shape index (κ1) is 10.4. The summed E-state index contributed by atoms with van der Waals surface area (Å²) in [6.07, 6.45) is 5.35. The Kier molecular flexibility index (Phi) is 2.72. The molecule has 1 aliphatic carbocycles. The number of fused-ring (bicyclic) bond motifs is 1. The number of rotatable bonds is 2. The summed E-state index contributed by atoms with van der Waals surface area (Å²) in [6.45, 7) is 2.08. The van der Waals surface area contributed by atoms with Crippen LogP contribution >= 0.6 is 0 Å². The molecule has 0 aliphatic heterocycles. The monoisotopic (exact) mass is 218 g/mol. The van der Waals surface area contributed by atoms with Crippen LogP contribution in [0, 0.1) is 6.92 Å². The van der Waals surface area contributed by atoms with Gasteiger partial charge in [0.15, 0.2) is 5.43 Å². The summed E-state index contributed by atoms with van der Waals surface area (Å²) in [5.74, 6) is 1.04. The van der Waals surface area contributed by atoms with Crippen molar-refractivity contribution in [2.45, 2.75) is 13.3 Å². The highest BCUT2D eigenvalue weighted by Gasteiger charge is 2.02. The standard InChI is InChI=1S/C12H10O4/c1-8-6-11(14)10-4-2-9(15-7-13)3-5-12(10)16-8/h3-7H,2H2,1H3. The first-order valence-corrected chi connectivity index (χ1v) is 4.83. The number of ether oxygens (including phenoxy) is 1. The van der Waals surface area contributed by atoms with Crippen LogP contribution in [-0.4, -0.2) is 6.47 Å². The smallest absolute Gasteiger partial charge is 0.298 e. The molecule has 0 atom stereocenters. The molecule has 0 spiro atoms. The van der Waals surface area contributed by atoms with Gasteiger partial charge in [-0.15, -0.1) is 0 Å². The molecule has 0 saturated carbocycles. The van der Waals surface area contributed by atoms with Crippen molar-refractivity contribution in [2.24, 2.45) is 0 Å². The summed E-state index contributed by atoms with van der Waals surface area (Å²) in [4.78, 5) is 21.9. The topological polar surface area (TPSA) is 56.5 Å². The molecule has 4 nitrogen and oxygen atoms in total. The summed E-state index contributed by atoms with van der Waals surface area (Å²) >= 11 is 0. The number of hydrogen-bond acceptors (Lipinski definition) is 4. The van der Waals surface area contributed by atoms with E-state index in [9.17, 15) is 9.59 Å². The van der Waals surface area contributed by atoms with Crippen LogP contribution in [0.1, 0.15) is 12.2 Å². The van der Waals surface area contributed by atoms with E-state index >= 15 is 0 Å². The lowest BCUT2D eigenvalue weighted by Crippen LogP contribution is -2.38. The van der Waals surface area contributed by atoms with Gasteiger partial charge in [-0.25, -0.2) is 0 Å². The van der Waals surface area contributed by atoms with E-state index in [0.717, 1.165) is 0 Å². The van der Waals surface area contributed by atoms with Gasteiger partial charge >= 0.3 is 0 Å². The van der Waals surface area contributed by atoms with Crippen molar-refractivity contribution in [3.63, 3.8) is 0 Å². The van der Waals surface area contributed by atoms with Gasteiger partial charge in [-0.2, -0.15) is 0 Å². The minimum Gasteiger partial charge on any atom is -0.461 e. The van der Waals surface area contributed by atoms with E-state index in [-0.39, 0.29) is 5.43 Å². The molecule has 16 heavy (non-hydrogen) atoms. The van der Waals surface area contributed by atoms with Crippen molar-refractivity contribution < 1.29 is 13.9 Å². The Balaban J connectivity index is 2.63. The largest absolute Gasteiger partial charge is 0.461 e. The van der Waals surface area contributed by atoms with Gasteiger partial charge in [0, 0.05) is 12.5 Å². The first-order chi connectivity index (χ1) is 7.70. The molecule has 1 heterocycles. The molecule has 0 saturated heterocycles. The molecular formula is C12H10O4. The Morgan fingerprint density at radius 3 is 3.00 bits per heavy atom. The maximum Gasteiger partial charge on any atom is 0.298 e. The summed E-state index contributed by atoms with van der Waals surface area (Å²) in [7, 11) is 0. The predicted molar refractivity (Wildman–Crippen MR) is 57.7 cm³/mol. The third-order valence-corrected chi connectivity index (χ3v) is 2.26. The zero-order chi connectivity index (χ0) is 11.5.